The van der Waals surface area contributed by atoms with Crippen molar-refractivity contribution < 1.29 is 4.79 Å². The van der Waals surface area contributed by atoms with Gasteiger partial charge < -0.3 is 5.32 Å². The van der Waals surface area contributed by atoms with E-state index in [4.69, 9.17) is 0 Å². The van der Waals surface area contributed by atoms with E-state index in [1.54, 1.807) is 0 Å². The van der Waals surface area contributed by atoms with Crippen molar-refractivity contribution in [3.8, 4) is 0 Å². The van der Waals surface area contributed by atoms with E-state index in [-0.39, 0.29) is 11.4 Å². The fourth-order valence-electron chi connectivity index (χ4n) is 2.32. The predicted octanol–water partition coefficient (Wildman–Crippen LogP) is 3.49. The predicted molar refractivity (Wildman–Crippen MR) is 71.8 cm³/mol. The Balaban J connectivity index is 2.50. The largest absolute Gasteiger partial charge is 0.350 e. The first-order valence-corrected chi connectivity index (χ1v) is 7.46. The molecule has 1 amide bonds. The highest BCUT2D eigenvalue weighted by molar-refractivity contribution is 9.09. The van der Waals surface area contributed by atoms with Crippen LogP contribution in [0.1, 0.15) is 52.9 Å². The summed E-state index contributed by atoms with van der Waals surface area (Å²) in [4.78, 5) is 11.8. The van der Waals surface area contributed by atoms with Crippen LogP contribution < -0.4 is 5.32 Å². The third-order valence-corrected chi connectivity index (χ3v) is 4.56. The summed E-state index contributed by atoms with van der Waals surface area (Å²) >= 11 is 3.57. The highest BCUT2D eigenvalue weighted by atomic mass is 79.9. The topological polar surface area (TPSA) is 29.1 Å². The standard InChI is InChI=1S/C13H24BrNO/c1-10(2)8-12(16)15-13(9-14)6-4-11(3)5-7-13/h10-11H,4-9H2,1-3H3,(H,15,16). The molecule has 0 atom stereocenters. The minimum absolute atomic E-state index is 0.0263. The van der Waals surface area contributed by atoms with Gasteiger partial charge in [-0.1, -0.05) is 36.7 Å². The Morgan fingerprint density at radius 2 is 2.00 bits per heavy atom. The molecule has 0 spiro atoms. The van der Waals surface area contributed by atoms with E-state index in [0.717, 1.165) is 24.1 Å². The molecule has 1 fully saturated rings. The van der Waals surface area contributed by atoms with Crippen molar-refractivity contribution in [3.63, 3.8) is 0 Å². The molecule has 3 heteroatoms. The molecular formula is C13H24BrNO. The third-order valence-electron chi connectivity index (χ3n) is 3.49. The molecule has 0 aliphatic heterocycles. The van der Waals surface area contributed by atoms with Crippen LogP contribution >= 0.6 is 15.9 Å². The lowest BCUT2D eigenvalue weighted by molar-refractivity contribution is -0.123. The lowest BCUT2D eigenvalue weighted by Gasteiger charge is -2.39. The highest BCUT2D eigenvalue weighted by Gasteiger charge is 2.34. The minimum atomic E-state index is 0.0263. The Hall–Kier alpha value is -0.0500. The van der Waals surface area contributed by atoms with E-state index >= 15 is 0 Å². The van der Waals surface area contributed by atoms with Gasteiger partial charge in [-0.25, -0.2) is 0 Å². The van der Waals surface area contributed by atoms with Gasteiger partial charge in [0.15, 0.2) is 0 Å². The van der Waals surface area contributed by atoms with Crippen LogP contribution in [0.25, 0.3) is 0 Å². The van der Waals surface area contributed by atoms with Crippen molar-refractivity contribution in [2.75, 3.05) is 5.33 Å². The van der Waals surface area contributed by atoms with Crippen molar-refractivity contribution >= 4 is 21.8 Å². The number of hydrogen-bond donors (Lipinski definition) is 1. The van der Waals surface area contributed by atoms with Crippen molar-refractivity contribution in [1.29, 1.82) is 0 Å². The van der Waals surface area contributed by atoms with Gasteiger partial charge in [0.2, 0.25) is 5.91 Å². The van der Waals surface area contributed by atoms with Crippen LogP contribution in [0.4, 0.5) is 0 Å². The Labute approximate surface area is 108 Å². The second kappa shape index (κ2) is 6.04. The molecule has 0 aromatic carbocycles. The summed E-state index contributed by atoms with van der Waals surface area (Å²) in [6, 6.07) is 0. The summed E-state index contributed by atoms with van der Waals surface area (Å²) < 4.78 is 0. The van der Waals surface area contributed by atoms with Crippen LogP contribution in [0.2, 0.25) is 0 Å². The summed E-state index contributed by atoms with van der Waals surface area (Å²) in [7, 11) is 0. The van der Waals surface area contributed by atoms with Crippen LogP contribution in [-0.2, 0) is 4.79 Å². The molecule has 0 aromatic heterocycles. The van der Waals surface area contributed by atoms with Gasteiger partial charge in [0.1, 0.15) is 0 Å². The normalized spacial score (nSPS) is 30.4. The number of carbonyl (C=O) groups is 1. The van der Waals surface area contributed by atoms with Gasteiger partial charge >= 0.3 is 0 Å². The molecule has 1 saturated carbocycles. The first kappa shape index (κ1) is 14.0. The number of nitrogens with one attached hydrogen (secondary N) is 1. The number of alkyl halides is 1. The molecule has 94 valence electrons. The second-order valence-electron chi connectivity index (χ2n) is 5.74. The Morgan fingerprint density at radius 3 is 2.44 bits per heavy atom. The van der Waals surface area contributed by atoms with Gasteiger partial charge in [0.25, 0.3) is 0 Å². The summed E-state index contributed by atoms with van der Waals surface area (Å²) in [5.74, 6) is 1.47. The first-order valence-electron chi connectivity index (χ1n) is 6.34. The van der Waals surface area contributed by atoms with E-state index in [9.17, 15) is 4.79 Å². The van der Waals surface area contributed by atoms with E-state index < -0.39 is 0 Å². The van der Waals surface area contributed by atoms with E-state index in [2.05, 4.69) is 42.0 Å². The van der Waals surface area contributed by atoms with Crippen LogP contribution in [0.3, 0.4) is 0 Å². The molecule has 0 unspecified atom stereocenters. The average Bonchev–Trinajstić information content (AvgIpc) is 2.21. The molecule has 2 nitrogen and oxygen atoms in total. The summed E-state index contributed by atoms with van der Waals surface area (Å²) in [6.45, 7) is 6.47. The quantitative estimate of drug-likeness (QED) is 0.789. The smallest absolute Gasteiger partial charge is 0.220 e. The van der Waals surface area contributed by atoms with Crippen molar-refractivity contribution in [2.45, 2.75) is 58.4 Å². The summed E-state index contributed by atoms with van der Waals surface area (Å²) in [5.41, 5.74) is 0.0263. The van der Waals surface area contributed by atoms with Gasteiger partial charge in [0.05, 0.1) is 0 Å². The molecule has 16 heavy (non-hydrogen) atoms. The first-order chi connectivity index (χ1) is 7.47. The zero-order valence-electron chi connectivity index (χ0n) is 10.7. The maximum absolute atomic E-state index is 11.8. The number of rotatable bonds is 4. The van der Waals surface area contributed by atoms with Gasteiger partial charge in [-0.3, -0.25) is 4.79 Å². The fourth-order valence-corrected chi connectivity index (χ4v) is 3.03. The Kier molecular flexibility index (Phi) is 5.29. The van der Waals surface area contributed by atoms with Gasteiger partial charge in [-0.2, -0.15) is 0 Å². The minimum Gasteiger partial charge on any atom is -0.350 e. The Bertz CT molecular complexity index is 232. The maximum Gasteiger partial charge on any atom is 0.220 e. The molecule has 0 bridgehead atoms. The van der Waals surface area contributed by atoms with Gasteiger partial charge in [-0.05, 0) is 37.5 Å². The lowest BCUT2D eigenvalue weighted by atomic mass is 9.78. The van der Waals surface area contributed by atoms with Gasteiger partial charge in [-0.15, -0.1) is 0 Å². The maximum atomic E-state index is 11.8. The molecule has 1 rings (SSSR count). The second-order valence-corrected chi connectivity index (χ2v) is 6.30. The third kappa shape index (κ3) is 4.08. The molecule has 1 aliphatic rings. The number of halogens is 1. The van der Waals surface area contributed by atoms with E-state index in [0.29, 0.717) is 12.3 Å². The number of hydrogen-bond acceptors (Lipinski definition) is 1. The lowest BCUT2D eigenvalue weighted by Crippen LogP contribution is -2.52. The molecule has 0 radical (unpaired) electrons. The van der Waals surface area contributed by atoms with Crippen LogP contribution in [0.5, 0.6) is 0 Å². The van der Waals surface area contributed by atoms with Crippen molar-refractivity contribution in [3.05, 3.63) is 0 Å². The van der Waals surface area contributed by atoms with Crippen LogP contribution in [-0.4, -0.2) is 16.8 Å². The van der Waals surface area contributed by atoms with E-state index in [1.807, 2.05) is 0 Å². The monoisotopic (exact) mass is 289 g/mol. The summed E-state index contributed by atoms with van der Waals surface area (Å²) in [6.07, 6.45) is 5.33. The van der Waals surface area contributed by atoms with Gasteiger partial charge in [0, 0.05) is 17.3 Å². The number of amides is 1. The van der Waals surface area contributed by atoms with Crippen molar-refractivity contribution in [2.24, 2.45) is 11.8 Å². The molecule has 0 heterocycles. The van der Waals surface area contributed by atoms with E-state index in [1.165, 1.54) is 12.8 Å². The SMILES string of the molecule is CC(C)CC(=O)NC1(CBr)CCC(C)CC1. The molecular weight excluding hydrogens is 266 g/mol. The zero-order chi connectivity index (χ0) is 12.2. The molecule has 1 aliphatic carbocycles. The highest BCUT2D eigenvalue weighted by Crippen LogP contribution is 2.33. The van der Waals surface area contributed by atoms with Crippen molar-refractivity contribution in [1.82, 2.24) is 5.32 Å². The molecule has 0 aromatic rings. The van der Waals surface area contributed by atoms with Crippen LogP contribution in [0.15, 0.2) is 0 Å². The fraction of sp³-hybridized carbons (Fsp3) is 0.923. The average molecular weight is 290 g/mol. The summed E-state index contributed by atoms with van der Waals surface area (Å²) in [5, 5.41) is 4.13. The molecule has 0 saturated heterocycles. The molecule has 1 N–H and O–H groups in total. The van der Waals surface area contributed by atoms with Crippen LogP contribution in [0, 0.1) is 11.8 Å². The zero-order valence-corrected chi connectivity index (χ0v) is 12.3. The Morgan fingerprint density at radius 1 is 1.44 bits per heavy atom. The number of carbonyl (C=O) groups excluding carboxylic acids is 1.